The molecule has 0 radical (unpaired) electrons. The van der Waals surface area contributed by atoms with Crippen LogP contribution in [0.3, 0.4) is 0 Å². The number of phenolic OH excluding ortho intramolecular Hbond substituents is 1. The molecule has 1 N–H and O–H groups in total. The monoisotopic (exact) mass is 775 g/mol. The average molecular weight is 776 g/mol. The summed E-state index contributed by atoms with van der Waals surface area (Å²) in [5.74, 6) is 4.23. The van der Waals surface area contributed by atoms with Crippen molar-refractivity contribution >= 4 is 92.8 Å². The molecule has 0 aromatic heterocycles. The topological polar surface area (TPSA) is 23.5 Å². The third-order valence-corrected chi connectivity index (χ3v) is 20.3. The molecule has 8 aromatic carbocycles. The van der Waals surface area contributed by atoms with Crippen LogP contribution >= 0.6 is 0 Å². The quantitative estimate of drug-likeness (QED) is 0.104. The third kappa shape index (κ3) is 2.91. The Bertz CT molecular complexity index is 3610. The van der Waals surface area contributed by atoms with E-state index in [1.807, 2.05) is 40.0 Å². The highest BCUT2D eigenvalue weighted by molar-refractivity contribution is 6.52. The van der Waals surface area contributed by atoms with Gasteiger partial charge in [-0.15, -0.1) is 5.73 Å². The molecule has 2 heteroatoms. The summed E-state index contributed by atoms with van der Waals surface area (Å²) < 4.78 is 0. The summed E-state index contributed by atoms with van der Waals surface area (Å²) >= 11 is 0. The molecule has 1 saturated heterocycles. The van der Waals surface area contributed by atoms with Crippen LogP contribution in [0, 0.1) is 23.2 Å². The summed E-state index contributed by atoms with van der Waals surface area (Å²) in [5, 5.41) is 33.7. The molecule has 2 nitrogen and oxygen atoms in total. The molecular weight excluding hydrogens is 727 g/mol. The highest BCUT2D eigenvalue weighted by atomic mass is 16.3. The minimum absolute atomic E-state index is 0.208. The van der Waals surface area contributed by atoms with Crippen LogP contribution in [0.4, 0.5) is 5.69 Å². The number of allylic oxidation sites excluding steroid dienone is 2. The lowest BCUT2D eigenvalue weighted by atomic mass is 9.51. The Morgan fingerprint density at radius 2 is 1.48 bits per heavy atom. The molecule has 1 heterocycles. The second-order valence-corrected chi connectivity index (χ2v) is 22.3. The first kappa shape index (κ1) is 31.1. The number of fused-ring (bicyclic) bond motifs is 1. The lowest BCUT2D eigenvalue weighted by Crippen LogP contribution is -2.48. The van der Waals surface area contributed by atoms with Crippen LogP contribution in [0.5, 0.6) is 5.75 Å². The van der Waals surface area contributed by atoms with Crippen molar-refractivity contribution in [1.82, 2.24) is 0 Å². The van der Waals surface area contributed by atoms with Gasteiger partial charge in [-0.1, -0.05) is 76.4 Å². The molecule has 2 fully saturated rings. The van der Waals surface area contributed by atoms with Crippen molar-refractivity contribution in [2.24, 2.45) is 23.2 Å². The highest BCUT2D eigenvalue weighted by Gasteiger charge is 2.71. The molecule has 18 rings (SSSR count). The Labute approximate surface area is 349 Å². The molecule has 292 valence electrons. The molecule has 1 aliphatic heterocycles. The van der Waals surface area contributed by atoms with E-state index in [-0.39, 0.29) is 5.41 Å². The second kappa shape index (κ2) is 9.64. The number of rotatable bonds is 11. The van der Waals surface area contributed by atoms with Crippen molar-refractivity contribution in [1.29, 1.82) is 0 Å². The van der Waals surface area contributed by atoms with Crippen molar-refractivity contribution < 1.29 is 5.11 Å². The fourth-order valence-corrected chi connectivity index (χ4v) is 19.0. The maximum atomic E-state index is 10.6. The number of phenols is 1. The fraction of sp³-hybridized carbons (Fsp3) is 0.431. The molecule has 1 saturated carbocycles. The fourth-order valence-electron chi connectivity index (χ4n) is 19.0. The van der Waals surface area contributed by atoms with Gasteiger partial charge in [0.25, 0.3) is 0 Å². The first-order valence-electron chi connectivity index (χ1n) is 24.6. The van der Waals surface area contributed by atoms with Crippen LogP contribution in [0.15, 0.2) is 42.0 Å². The molecule has 60 heavy (non-hydrogen) atoms. The Balaban J connectivity index is 0.935. The minimum atomic E-state index is 0.208. The Hall–Kier alpha value is -4.78. The van der Waals surface area contributed by atoms with E-state index in [1.165, 1.54) is 113 Å². The standard InChI is InChI=1S/C58H49NO/c1-2-3-4-5-6-7-8-9-10-11-36-58-23-31-21-29-19-26-16-25-17-28-18-27-20-30-22-34(35(58)24-59(36)32-12-14-33(60)15-13-32)44-49-40(30)39(27)46-41(28)45-37(25)38(26)47-42(29)48-43(31)57(58)56(44)55-53(48)51(47)50(45)52(46)54(49)55/h12-15,17-18,29,31,34-36,43-44,60H,2-11,19-24H2,1H3. The van der Waals surface area contributed by atoms with Gasteiger partial charge in [0.2, 0.25) is 0 Å². The largest absolute Gasteiger partial charge is 0.508 e. The average Bonchev–Trinajstić information content (AvgIpc) is 4.11. The van der Waals surface area contributed by atoms with E-state index in [2.05, 4.69) is 41.8 Å². The maximum absolute atomic E-state index is 10.6. The molecule has 8 atom stereocenters. The molecule has 8 unspecified atom stereocenters. The number of benzene rings is 6. The lowest BCUT2D eigenvalue weighted by Gasteiger charge is -2.51. The highest BCUT2D eigenvalue weighted by Crippen LogP contribution is 2.81. The van der Waals surface area contributed by atoms with Crippen LogP contribution in [0.25, 0.3) is 87.1 Å². The lowest BCUT2D eigenvalue weighted by molar-refractivity contribution is 0.135. The van der Waals surface area contributed by atoms with Crippen LogP contribution in [-0.4, -0.2) is 17.7 Å². The van der Waals surface area contributed by atoms with E-state index < -0.39 is 0 Å². The smallest absolute Gasteiger partial charge is 0.115 e. The van der Waals surface area contributed by atoms with E-state index in [4.69, 9.17) is 0 Å². The van der Waals surface area contributed by atoms with Crippen molar-refractivity contribution in [3.8, 4) is 5.75 Å². The predicted octanol–water partition coefficient (Wildman–Crippen LogP) is 12.9. The molecular formula is C58H49NO. The number of anilines is 1. The van der Waals surface area contributed by atoms with Crippen LogP contribution in [0.2, 0.25) is 0 Å². The van der Waals surface area contributed by atoms with Crippen molar-refractivity contribution in [2.45, 2.75) is 127 Å². The zero-order valence-electron chi connectivity index (χ0n) is 34.7. The van der Waals surface area contributed by atoms with E-state index in [1.54, 1.807) is 92.3 Å². The van der Waals surface area contributed by atoms with Crippen molar-refractivity contribution in [3.05, 3.63) is 85.8 Å². The molecule has 0 amide bonds. The van der Waals surface area contributed by atoms with Crippen molar-refractivity contribution in [3.63, 3.8) is 0 Å². The number of aromatic hydroxyl groups is 1. The minimum Gasteiger partial charge on any atom is -0.508 e. The molecule has 10 aliphatic rings. The van der Waals surface area contributed by atoms with Gasteiger partial charge in [-0.05, 0) is 191 Å². The summed E-state index contributed by atoms with van der Waals surface area (Å²) in [4.78, 5) is 2.96. The number of unbranched alkanes of at least 4 members (excludes halogenated alkanes) is 8. The number of hydrogen-bond donors (Lipinski definition) is 1. The molecule has 8 aromatic rings. The van der Waals surface area contributed by atoms with E-state index in [9.17, 15) is 5.11 Å². The summed E-state index contributed by atoms with van der Waals surface area (Å²) in [6.45, 7) is 3.51. The number of hydrogen-bond acceptors (Lipinski definition) is 2. The predicted molar refractivity (Wildman–Crippen MR) is 247 cm³/mol. The molecule has 1 spiro atoms. The first-order chi connectivity index (χ1) is 29.7. The van der Waals surface area contributed by atoms with Gasteiger partial charge in [0.05, 0.1) is 0 Å². The Kier molecular flexibility index (Phi) is 5.00. The van der Waals surface area contributed by atoms with E-state index >= 15 is 0 Å². The van der Waals surface area contributed by atoms with Crippen molar-refractivity contribution in [2.75, 3.05) is 11.4 Å². The molecule has 9 aliphatic carbocycles. The van der Waals surface area contributed by atoms with Gasteiger partial charge in [-0.3, -0.25) is 0 Å². The molecule has 0 bridgehead atoms. The van der Waals surface area contributed by atoms with Crippen LogP contribution in [0.1, 0.15) is 148 Å². The van der Waals surface area contributed by atoms with E-state index in [0.717, 1.165) is 12.3 Å². The number of nitrogens with zero attached hydrogens (tertiary/aromatic N) is 1. The summed E-state index contributed by atoms with van der Waals surface area (Å²) in [6, 6.07) is 14.3. The second-order valence-electron chi connectivity index (χ2n) is 22.3. The van der Waals surface area contributed by atoms with Gasteiger partial charge in [0.1, 0.15) is 5.75 Å². The van der Waals surface area contributed by atoms with E-state index in [0.29, 0.717) is 41.4 Å². The van der Waals surface area contributed by atoms with Gasteiger partial charge in [0, 0.05) is 62.7 Å². The Morgan fingerprint density at radius 1 is 0.733 bits per heavy atom. The summed E-state index contributed by atoms with van der Waals surface area (Å²) in [6.07, 6.45) is 20.2. The van der Waals surface area contributed by atoms with Gasteiger partial charge >= 0.3 is 0 Å². The van der Waals surface area contributed by atoms with Crippen LogP contribution < -0.4 is 15.3 Å². The summed E-state index contributed by atoms with van der Waals surface area (Å²) in [5.41, 5.74) is 23.5. The van der Waals surface area contributed by atoms with Gasteiger partial charge in [-0.25, -0.2) is 0 Å². The zero-order chi connectivity index (χ0) is 38.4. The maximum Gasteiger partial charge on any atom is 0.115 e. The Morgan fingerprint density at radius 3 is 2.35 bits per heavy atom. The zero-order valence-corrected chi connectivity index (χ0v) is 34.7. The van der Waals surface area contributed by atoms with Gasteiger partial charge < -0.3 is 10.0 Å². The van der Waals surface area contributed by atoms with Gasteiger partial charge in [-0.2, -0.15) is 0 Å². The normalized spacial score (nSPS) is 30.8. The van der Waals surface area contributed by atoms with Crippen LogP contribution in [-0.2, 0) is 6.42 Å². The van der Waals surface area contributed by atoms with Gasteiger partial charge in [0.15, 0.2) is 0 Å². The third-order valence-electron chi connectivity index (χ3n) is 20.3. The SMILES string of the molecule is CCCCCCCCCCCC1N(c2ccc(O)cc2)CC2C3CC4=c5c6c7c8c9c%10c%11c%12c%13c%14c(cc%15cc(c5c5c%15c%14c(c9%12)c75)C4)=C=C%13CC%11CC4CC21C(=C8C63)C%104. The first-order valence-corrected chi connectivity index (χ1v) is 24.6. The summed E-state index contributed by atoms with van der Waals surface area (Å²) in [7, 11) is 0.